The molecule has 9 heteroatoms. The van der Waals surface area contributed by atoms with E-state index in [2.05, 4.69) is 15.0 Å². The first kappa shape index (κ1) is 13.2. The van der Waals surface area contributed by atoms with Gasteiger partial charge in [0.2, 0.25) is 0 Å². The predicted octanol–water partition coefficient (Wildman–Crippen LogP) is -1.38. The van der Waals surface area contributed by atoms with E-state index >= 15 is 0 Å². The van der Waals surface area contributed by atoms with Crippen LogP contribution in [0.1, 0.15) is 12.6 Å². The van der Waals surface area contributed by atoms with Gasteiger partial charge in [-0.15, -0.1) is 0 Å². The Hall–Kier alpha value is -1.81. The number of fused-ring (bicyclic) bond motifs is 1. The fourth-order valence-corrected chi connectivity index (χ4v) is 2.36. The van der Waals surface area contributed by atoms with E-state index in [4.69, 9.17) is 15.6 Å². The zero-order valence-electron chi connectivity index (χ0n) is 10.5. The van der Waals surface area contributed by atoms with Crippen LogP contribution >= 0.6 is 0 Å². The van der Waals surface area contributed by atoms with E-state index in [9.17, 15) is 10.2 Å². The number of anilines is 1. The molecule has 1 saturated heterocycles. The van der Waals surface area contributed by atoms with Crippen molar-refractivity contribution in [1.82, 2.24) is 19.5 Å². The van der Waals surface area contributed by atoms with Crippen LogP contribution in [0.25, 0.3) is 11.2 Å². The Bertz CT molecular complexity index is 618. The molecule has 0 aliphatic carbocycles. The molecular weight excluding hydrogens is 266 g/mol. The van der Waals surface area contributed by atoms with E-state index in [0.29, 0.717) is 11.2 Å². The third-order valence-corrected chi connectivity index (χ3v) is 3.45. The minimum atomic E-state index is -1.16. The Kier molecular flexibility index (Phi) is 3.26. The number of ether oxygens (including phenoxy) is 1. The van der Waals surface area contributed by atoms with Crippen molar-refractivity contribution in [3.63, 3.8) is 0 Å². The zero-order valence-corrected chi connectivity index (χ0v) is 10.5. The maximum absolute atomic E-state index is 10.1. The van der Waals surface area contributed by atoms with Crippen LogP contribution in [0.4, 0.5) is 5.82 Å². The molecule has 5 N–H and O–H groups in total. The van der Waals surface area contributed by atoms with Gasteiger partial charge in [0.05, 0.1) is 19.0 Å². The van der Waals surface area contributed by atoms with Gasteiger partial charge in [0.25, 0.3) is 0 Å². The number of nitrogen functional groups attached to an aromatic ring is 1. The lowest BCUT2D eigenvalue weighted by Crippen LogP contribution is -2.43. The van der Waals surface area contributed by atoms with Crippen LogP contribution < -0.4 is 5.73 Å². The normalized spacial score (nSPS) is 30.8. The Morgan fingerprint density at radius 1 is 1.35 bits per heavy atom. The van der Waals surface area contributed by atoms with Gasteiger partial charge < -0.3 is 25.8 Å². The Morgan fingerprint density at radius 2 is 2.15 bits per heavy atom. The third kappa shape index (κ3) is 2.00. The first-order valence-electron chi connectivity index (χ1n) is 6.17. The largest absolute Gasteiger partial charge is 0.396 e. The molecule has 3 rings (SSSR count). The van der Waals surface area contributed by atoms with Crippen molar-refractivity contribution in [3.05, 3.63) is 12.7 Å². The maximum Gasteiger partial charge on any atom is 0.167 e. The van der Waals surface area contributed by atoms with Crippen LogP contribution in [0.2, 0.25) is 0 Å². The molecular formula is C11H15N5O4. The summed E-state index contributed by atoms with van der Waals surface area (Å²) in [4.78, 5) is 12.0. The number of aliphatic hydroxyl groups is 3. The van der Waals surface area contributed by atoms with Crippen LogP contribution in [0.3, 0.4) is 0 Å². The predicted molar refractivity (Wildman–Crippen MR) is 67.1 cm³/mol. The maximum atomic E-state index is 10.1. The van der Waals surface area contributed by atoms with Gasteiger partial charge in [0.15, 0.2) is 24.0 Å². The summed E-state index contributed by atoms with van der Waals surface area (Å²) < 4.78 is 6.86. The molecule has 0 amide bonds. The van der Waals surface area contributed by atoms with Gasteiger partial charge in [0, 0.05) is 5.92 Å². The fraction of sp³-hybridized carbons (Fsp3) is 0.545. The van der Waals surface area contributed by atoms with Crippen molar-refractivity contribution in [2.45, 2.75) is 25.0 Å². The van der Waals surface area contributed by atoms with Gasteiger partial charge in [-0.25, -0.2) is 15.0 Å². The lowest BCUT2D eigenvalue weighted by atomic mass is 9.98. The van der Waals surface area contributed by atoms with E-state index in [1.54, 1.807) is 0 Å². The second-order valence-electron chi connectivity index (χ2n) is 4.75. The second kappa shape index (κ2) is 4.94. The molecule has 108 valence electrons. The van der Waals surface area contributed by atoms with Gasteiger partial charge in [-0.2, -0.15) is 0 Å². The molecule has 2 aromatic heterocycles. The average Bonchev–Trinajstić information content (AvgIpc) is 2.86. The van der Waals surface area contributed by atoms with Crippen LogP contribution in [-0.2, 0) is 4.74 Å². The van der Waals surface area contributed by atoms with Gasteiger partial charge in [-0.3, -0.25) is 4.57 Å². The van der Waals surface area contributed by atoms with Crippen molar-refractivity contribution < 1.29 is 20.1 Å². The van der Waals surface area contributed by atoms with Crippen molar-refractivity contribution in [2.24, 2.45) is 5.92 Å². The number of nitrogens with zero attached hydrogens (tertiary/aromatic N) is 4. The highest BCUT2D eigenvalue weighted by atomic mass is 16.6. The third-order valence-electron chi connectivity index (χ3n) is 3.45. The summed E-state index contributed by atoms with van der Waals surface area (Å²) in [5, 5.41) is 29.0. The van der Waals surface area contributed by atoms with E-state index in [0.717, 1.165) is 0 Å². The number of aliphatic hydroxyl groups excluding tert-OH is 3. The molecule has 0 saturated carbocycles. The summed E-state index contributed by atoms with van der Waals surface area (Å²) in [7, 11) is 0. The molecule has 1 fully saturated rings. The van der Waals surface area contributed by atoms with Crippen LogP contribution in [0, 0.1) is 5.92 Å². The topological polar surface area (TPSA) is 140 Å². The van der Waals surface area contributed by atoms with E-state index in [1.807, 2.05) is 0 Å². The van der Waals surface area contributed by atoms with Crippen LogP contribution in [0.15, 0.2) is 12.7 Å². The quantitative estimate of drug-likeness (QED) is 0.528. The van der Waals surface area contributed by atoms with Gasteiger partial charge in [-0.1, -0.05) is 0 Å². The molecule has 0 radical (unpaired) electrons. The molecule has 0 spiro atoms. The Labute approximate surface area is 113 Å². The Balaban J connectivity index is 1.97. The molecule has 2 aromatic rings. The first-order chi connectivity index (χ1) is 9.61. The van der Waals surface area contributed by atoms with E-state index in [-0.39, 0.29) is 18.8 Å². The lowest BCUT2D eigenvalue weighted by molar-refractivity contribution is -0.255. The fourth-order valence-electron chi connectivity index (χ4n) is 2.36. The van der Waals surface area contributed by atoms with Crippen molar-refractivity contribution in [3.8, 4) is 0 Å². The molecule has 0 aromatic carbocycles. The molecule has 3 heterocycles. The second-order valence-corrected chi connectivity index (χ2v) is 4.75. The van der Waals surface area contributed by atoms with Crippen molar-refractivity contribution in [2.75, 3.05) is 12.3 Å². The molecule has 1 aliphatic heterocycles. The first-order valence-corrected chi connectivity index (χ1v) is 6.17. The highest BCUT2D eigenvalue weighted by molar-refractivity contribution is 5.81. The van der Waals surface area contributed by atoms with E-state index in [1.165, 1.54) is 17.2 Å². The number of nitrogens with two attached hydrogens (primary N) is 1. The summed E-state index contributed by atoms with van der Waals surface area (Å²) in [6, 6.07) is 0. The monoisotopic (exact) mass is 281 g/mol. The molecule has 0 bridgehead atoms. The van der Waals surface area contributed by atoms with Crippen LogP contribution in [-0.4, -0.2) is 53.8 Å². The van der Waals surface area contributed by atoms with Gasteiger partial charge >= 0.3 is 0 Å². The molecule has 1 aliphatic rings. The van der Waals surface area contributed by atoms with Crippen molar-refractivity contribution >= 4 is 17.0 Å². The van der Waals surface area contributed by atoms with Crippen molar-refractivity contribution in [1.29, 1.82) is 0 Å². The van der Waals surface area contributed by atoms with E-state index < -0.39 is 24.5 Å². The number of hydrogen-bond donors (Lipinski definition) is 4. The van der Waals surface area contributed by atoms with Gasteiger partial charge in [-0.05, 0) is 6.42 Å². The molecule has 1 unspecified atom stereocenters. The highest BCUT2D eigenvalue weighted by Gasteiger charge is 2.37. The lowest BCUT2D eigenvalue weighted by Gasteiger charge is -2.36. The minimum Gasteiger partial charge on any atom is -0.396 e. The summed E-state index contributed by atoms with van der Waals surface area (Å²) in [6.07, 6.45) is 0.0252. The summed E-state index contributed by atoms with van der Waals surface area (Å²) in [5.74, 6) is -0.288. The number of rotatable bonds is 2. The number of imidazole rings is 1. The number of hydrogen-bond acceptors (Lipinski definition) is 8. The van der Waals surface area contributed by atoms with Gasteiger partial charge in [0.1, 0.15) is 11.8 Å². The molecule has 4 atom stereocenters. The number of aromatic nitrogens is 4. The SMILES string of the molecule is Nc1ncnc2c1ncn2[C@@H]1OC(O)[C@H](CO)C[C@@H]1O. The zero-order chi connectivity index (χ0) is 14.3. The molecule has 20 heavy (non-hydrogen) atoms. The average molecular weight is 281 g/mol. The Morgan fingerprint density at radius 3 is 2.90 bits per heavy atom. The summed E-state index contributed by atoms with van der Waals surface area (Å²) in [6.45, 7) is -0.259. The highest BCUT2D eigenvalue weighted by Crippen LogP contribution is 2.32. The summed E-state index contributed by atoms with van der Waals surface area (Å²) >= 11 is 0. The minimum absolute atomic E-state index is 0.211. The standard InChI is InChI=1S/C11H15N5O4/c12-8-7-9(14-3-13-8)16(4-15-7)10-6(18)1-5(2-17)11(19)20-10/h3-6,10-11,17-19H,1-2H2,(H2,12,13,14)/t5-,6-,10+,11?/m0/s1. The molecule has 9 nitrogen and oxygen atoms in total. The summed E-state index contributed by atoms with van der Waals surface area (Å²) in [5.41, 5.74) is 6.51. The van der Waals surface area contributed by atoms with Crippen LogP contribution in [0.5, 0.6) is 0 Å². The smallest absolute Gasteiger partial charge is 0.167 e.